The summed E-state index contributed by atoms with van der Waals surface area (Å²) in [6, 6.07) is 6.20. The maximum absolute atomic E-state index is 10.7. The number of hydrogen-bond donors (Lipinski definition) is 1. The molecule has 22 heavy (non-hydrogen) atoms. The van der Waals surface area contributed by atoms with Crippen molar-refractivity contribution in [1.82, 2.24) is 14.8 Å². The molecule has 9 heteroatoms. The van der Waals surface area contributed by atoms with E-state index >= 15 is 0 Å². The fourth-order valence-electron chi connectivity index (χ4n) is 1.91. The van der Waals surface area contributed by atoms with Gasteiger partial charge in [-0.3, -0.25) is 15.1 Å². The first kappa shape index (κ1) is 13.5. The van der Waals surface area contributed by atoms with Crippen molar-refractivity contribution in [3.8, 4) is 17.1 Å². The van der Waals surface area contributed by atoms with E-state index in [9.17, 15) is 10.1 Å². The number of oxime groups is 1. The predicted molar refractivity (Wildman–Crippen MR) is 75.1 cm³/mol. The number of pyridine rings is 1. The summed E-state index contributed by atoms with van der Waals surface area (Å²) in [5.41, 5.74) is 1.44. The molecule has 0 amide bonds. The smallest absolute Gasteiger partial charge is 0.411 e. The normalized spacial score (nSPS) is 11.1. The molecule has 0 unspecified atom stereocenters. The van der Waals surface area contributed by atoms with Crippen molar-refractivity contribution in [2.45, 2.75) is 0 Å². The molecule has 3 aromatic rings. The van der Waals surface area contributed by atoms with Crippen LogP contribution in [0.25, 0.3) is 17.1 Å². The van der Waals surface area contributed by atoms with Gasteiger partial charge in [-0.15, -0.1) is 0 Å². The molecule has 0 saturated carbocycles. The molecule has 0 aliphatic carbocycles. The van der Waals surface area contributed by atoms with Gasteiger partial charge in [-0.1, -0.05) is 5.16 Å². The third-order valence-corrected chi connectivity index (χ3v) is 2.85. The summed E-state index contributed by atoms with van der Waals surface area (Å²) >= 11 is 0. The second kappa shape index (κ2) is 5.48. The van der Waals surface area contributed by atoms with Crippen molar-refractivity contribution in [2.24, 2.45) is 5.16 Å². The Morgan fingerprint density at radius 2 is 2.27 bits per heavy atom. The minimum absolute atomic E-state index is 0.198. The number of hydrogen-bond acceptors (Lipinski definition) is 7. The first-order chi connectivity index (χ1) is 10.7. The second-order valence-electron chi connectivity index (χ2n) is 4.23. The van der Waals surface area contributed by atoms with Gasteiger partial charge in [0.15, 0.2) is 5.76 Å². The Balaban J connectivity index is 2.09. The zero-order valence-electron chi connectivity index (χ0n) is 11.0. The molecule has 9 nitrogen and oxygen atoms in total. The summed E-state index contributed by atoms with van der Waals surface area (Å²) in [5.74, 6) is -0.193. The van der Waals surface area contributed by atoms with Gasteiger partial charge in [-0.25, -0.2) is 4.68 Å². The Bertz CT molecular complexity index is 837. The van der Waals surface area contributed by atoms with E-state index in [2.05, 4.69) is 15.2 Å². The molecular weight excluding hydrogens is 290 g/mol. The van der Waals surface area contributed by atoms with Crippen molar-refractivity contribution in [1.29, 1.82) is 0 Å². The lowest BCUT2D eigenvalue weighted by molar-refractivity contribution is -0.401. The molecule has 0 bridgehead atoms. The average molecular weight is 299 g/mol. The standard InChI is InChI=1S/C13H9N5O4/c19-15-6-9-8-17(10-2-1-5-14-7-10)16-13(9)11-3-4-12(22-11)18(20)21/h1-8,19H. The SMILES string of the molecule is O=[N+]([O-])c1ccc(-c2nn(-c3cccnc3)cc2C=NO)o1. The monoisotopic (exact) mass is 299 g/mol. The predicted octanol–water partition coefficient (Wildman–Crippen LogP) is 2.24. The molecule has 0 radical (unpaired) electrons. The van der Waals surface area contributed by atoms with Crippen LogP contribution in [0.1, 0.15) is 5.56 Å². The fraction of sp³-hybridized carbons (Fsp3) is 0. The van der Waals surface area contributed by atoms with E-state index in [4.69, 9.17) is 9.62 Å². The molecule has 0 aliphatic heterocycles. The van der Waals surface area contributed by atoms with Crippen molar-refractivity contribution < 1.29 is 14.5 Å². The second-order valence-corrected chi connectivity index (χ2v) is 4.23. The molecule has 0 aromatic carbocycles. The maximum Gasteiger partial charge on any atom is 0.433 e. The Kier molecular flexibility index (Phi) is 3.36. The molecule has 1 N–H and O–H groups in total. The highest BCUT2D eigenvalue weighted by Crippen LogP contribution is 2.27. The van der Waals surface area contributed by atoms with Crippen LogP contribution in [0, 0.1) is 10.1 Å². The topological polar surface area (TPSA) is 120 Å². The molecule has 0 spiro atoms. The average Bonchev–Trinajstić information content (AvgIpc) is 3.15. The first-order valence-electron chi connectivity index (χ1n) is 6.11. The van der Waals surface area contributed by atoms with Crippen LogP contribution in [-0.4, -0.2) is 31.1 Å². The van der Waals surface area contributed by atoms with Gasteiger partial charge < -0.3 is 9.62 Å². The largest absolute Gasteiger partial charge is 0.433 e. The molecule has 3 heterocycles. The third-order valence-electron chi connectivity index (χ3n) is 2.85. The van der Waals surface area contributed by atoms with E-state index in [1.54, 1.807) is 30.7 Å². The van der Waals surface area contributed by atoms with Gasteiger partial charge in [-0.05, 0) is 18.2 Å². The van der Waals surface area contributed by atoms with Gasteiger partial charge in [0.05, 0.1) is 24.2 Å². The Morgan fingerprint density at radius 3 is 2.91 bits per heavy atom. The Labute approximate surface area is 123 Å². The summed E-state index contributed by atoms with van der Waals surface area (Å²) in [6.45, 7) is 0. The van der Waals surface area contributed by atoms with Crippen LogP contribution in [0.2, 0.25) is 0 Å². The van der Waals surface area contributed by atoms with E-state index in [0.717, 1.165) is 0 Å². The van der Waals surface area contributed by atoms with Crippen molar-refractivity contribution in [3.05, 3.63) is 58.5 Å². The minimum atomic E-state index is -0.637. The number of furan rings is 1. The van der Waals surface area contributed by atoms with E-state index in [-0.39, 0.29) is 5.76 Å². The molecule has 0 saturated heterocycles. The zero-order valence-corrected chi connectivity index (χ0v) is 11.0. The number of rotatable bonds is 4. The molecule has 110 valence electrons. The van der Waals surface area contributed by atoms with Crippen LogP contribution in [0.5, 0.6) is 0 Å². The molecule has 0 aliphatic rings. The molecule has 0 fully saturated rings. The summed E-state index contributed by atoms with van der Waals surface area (Å²) in [7, 11) is 0. The van der Waals surface area contributed by atoms with E-state index in [1.807, 2.05) is 0 Å². The van der Waals surface area contributed by atoms with Gasteiger partial charge in [-0.2, -0.15) is 5.10 Å². The van der Waals surface area contributed by atoms with Gasteiger partial charge in [0.1, 0.15) is 10.6 Å². The Hall–Kier alpha value is -3.49. The first-order valence-corrected chi connectivity index (χ1v) is 6.11. The van der Waals surface area contributed by atoms with Crippen LogP contribution < -0.4 is 0 Å². The van der Waals surface area contributed by atoms with Gasteiger partial charge in [0, 0.05) is 18.0 Å². The highest BCUT2D eigenvalue weighted by Gasteiger charge is 2.18. The number of nitrogens with zero attached hydrogens (tertiary/aromatic N) is 5. The van der Waals surface area contributed by atoms with Crippen LogP contribution in [-0.2, 0) is 0 Å². The highest BCUT2D eigenvalue weighted by molar-refractivity contribution is 5.87. The highest BCUT2D eigenvalue weighted by atomic mass is 16.6. The maximum atomic E-state index is 10.7. The van der Waals surface area contributed by atoms with Crippen LogP contribution in [0.3, 0.4) is 0 Å². The van der Waals surface area contributed by atoms with Crippen LogP contribution in [0.4, 0.5) is 5.88 Å². The van der Waals surface area contributed by atoms with Crippen molar-refractivity contribution in [2.75, 3.05) is 0 Å². The van der Waals surface area contributed by atoms with E-state index in [1.165, 1.54) is 23.0 Å². The number of nitro groups is 1. The molecular formula is C13H9N5O4. The van der Waals surface area contributed by atoms with Crippen molar-refractivity contribution >= 4 is 12.1 Å². The van der Waals surface area contributed by atoms with Gasteiger partial charge in [0.2, 0.25) is 0 Å². The zero-order chi connectivity index (χ0) is 15.5. The van der Waals surface area contributed by atoms with E-state index < -0.39 is 10.8 Å². The lowest BCUT2D eigenvalue weighted by Crippen LogP contribution is -1.94. The van der Waals surface area contributed by atoms with Crippen LogP contribution >= 0.6 is 0 Å². The lowest BCUT2D eigenvalue weighted by atomic mass is 10.2. The fourth-order valence-corrected chi connectivity index (χ4v) is 1.91. The third kappa shape index (κ3) is 2.42. The molecule has 3 aromatic heterocycles. The minimum Gasteiger partial charge on any atom is -0.411 e. The Morgan fingerprint density at radius 1 is 1.41 bits per heavy atom. The summed E-state index contributed by atoms with van der Waals surface area (Å²) in [6.07, 6.45) is 5.99. The summed E-state index contributed by atoms with van der Waals surface area (Å²) < 4.78 is 6.64. The number of aromatic nitrogens is 3. The summed E-state index contributed by atoms with van der Waals surface area (Å²) in [5, 5.41) is 26.7. The lowest BCUT2D eigenvalue weighted by Gasteiger charge is -1.98. The quantitative estimate of drug-likeness (QED) is 0.341. The van der Waals surface area contributed by atoms with E-state index in [0.29, 0.717) is 16.9 Å². The molecule has 0 atom stereocenters. The van der Waals surface area contributed by atoms with Gasteiger partial charge in [0.25, 0.3) is 0 Å². The van der Waals surface area contributed by atoms with Crippen LogP contribution in [0.15, 0.2) is 52.4 Å². The summed E-state index contributed by atoms with van der Waals surface area (Å²) in [4.78, 5) is 14.0. The molecule has 3 rings (SSSR count). The van der Waals surface area contributed by atoms with Crippen molar-refractivity contribution in [3.63, 3.8) is 0 Å². The van der Waals surface area contributed by atoms with Gasteiger partial charge >= 0.3 is 5.88 Å².